The Labute approximate surface area is 267 Å². The lowest BCUT2D eigenvalue weighted by Crippen LogP contribution is -2.69. The Morgan fingerprint density at radius 1 is 0.553 bits per heavy atom. The van der Waals surface area contributed by atoms with Gasteiger partial charge in [0.2, 0.25) is 5.91 Å². The van der Waals surface area contributed by atoms with E-state index in [1.54, 1.807) is 0 Å². The normalized spacial score (nSPS) is 51.0. The predicted molar refractivity (Wildman–Crippen MR) is 144 cm³/mol. The summed E-state index contributed by atoms with van der Waals surface area (Å²) in [6.07, 6.45) is -32.8. The number of carbonyl (C=O) groups is 1. The topological polar surface area (TPSA) is 336 Å². The van der Waals surface area contributed by atoms with Crippen LogP contribution >= 0.6 is 0 Å². The van der Waals surface area contributed by atoms with E-state index in [0.29, 0.717) is 0 Å². The number of aliphatic hydroxyl groups is 12. The highest BCUT2D eigenvalue weighted by Crippen LogP contribution is 2.35. The van der Waals surface area contributed by atoms with Crippen molar-refractivity contribution in [2.45, 2.75) is 137 Å². The first kappa shape index (κ1) is 38.5. The lowest BCUT2D eigenvalue weighted by atomic mass is 9.94. The van der Waals surface area contributed by atoms with Gasteiger partial charge in [0.1, 0.15) is 91.5 Å². The second-order valence-electron chi connectivity index (χ2n) is 11.9. The van der Waals surface area contributed by atoms with Crippen molar-refractivity contribution in [3.05, 3.63) is 0 Å². The monoisotopic (exact) mass is 691 g/mol. The van der Waals surface area contributed by atoms with Crippen molar-refractivity contribution >= 4 is 5.91 Å². The average Bonchev–Trinajstić information content (AvgIpc) is 3.04. The number of hydrogen-bond acceptors (Lipinski definition) is 20. The van der Waals surface area contributed by atoms with E-state index in [1.165, 1.54) is 6.92 Å². The van der Waals surface area contributed by atoms with Gasteiger partial charge in [-0.05, 0) is 6.92 Å². The molecule has 20 atom stereocenters. The number of amides is 1. The molecule has 0 aromatic heterocycles. The highest BCUT2D eigenvalue weighted by Gasteiger charge is 2.56. The molecule has 0 aromatic rings. The zero-order valence-corrected chi connectivity index (χ0v) is 25.3. The smallest absolute Gasteiger partial charge is 0.217 e. The summed E-state index contributed by atoms with van der Waals surface area (Å²) < 4.78 is 39.2. The lowest BCUT2D eigenvalue weighted by Gasteiger charge is -2.50. The Hall–Kier alpha value is -1.29. The Morgan fingerprint density at radius 2 is 1.02 bits per heavy atom. The molecule has 13 N–H and O–H groups in total. The van der Waals surface area contributed by atoms with Crippen molar-refractivity contribution in [2.24, 2.45) is 0 Å². The van der Waals surface area contributed by atoms with E-state index in [1.807, 2.05) is 0 Å². The summed E-state index contributed by atoms with van der Waals surface area (Å²) in [5.41, 5.74) is 0. The highest BCUT2D eigenvalue weighted by atomic mass is 16.8. The van der Waals surface area contributed by atoms with Gasteiger partial charge in [-0.15, -0.1) is 0 Å². The molecule has 0 unspecified atom stereocenters. The molecule has 0 bridgehead atoms. The van der Waals surface area contributed by atoms with E-state index in [0.717, 1.165) is 6.92 Å². The number of rotatable bonds is 10. The van der Waals surface area contributed by atoms with Crippen molar-refractivity contribution in [1.82, 2.24) is 5.32 Å². The maximum Gasteiger partial charge on any atom is 0.217 e. The van der Waals surface area contributed by atoms with Gasteiger partial charge in [-0.2, -0.15) is 0 Å². The summed E-state index contributed by atoms with van der Waals surface area (Å²) in [5.74, 6) is -0.688. The summed E-state index contributed by atoms with van der Waals surface area (Å²) in [5, 5.41) is 127. The summed E-state index contributed by atoms with van der Waals surface area (Å²) in [7, 11) is 0. The van der Waals surface area contributed by atoms with Crippen LogP contribution in [0.2, 0.25) is 0 Å². The zero-order chi connectivity index (χ0) is 34.9. The molecule has 4 rings (SSSR count). The SMILES string of the molecule is CC(=O)N[C@@H]1[C@@H](O[C@@H]2O[C@H](CO)[C@H](O[C@@H]3O[C@H](CO)[C@H](O)[C@H](O)[C@H]3O)[C@H](O[C@@H]3O[C@@H](C)[C@@H](O)[C@@H](O)[C@@H]3O)[C@H]2O)[C@H](O)[C@@H](CO)O[C@H]1O. The molecule has 21 nitrogen and oxygen atoms in total. The Balaban J connectivity index is 1.67. The number of aliphatic hydroxyl groups excluding tert-OH is 12. The molecular formula is C26H45NO20. The van der Waals surface area contributed by atoms with Crippen molar-refractivity contribution in [2.75, 3.05) is 19.8 Å². The molecule has 4 fully saturated rings. The van der Waals surface area contributed by atoms with Crippen LogP contribution in [-0.2, 0) is 38.0 Å². The highest BCUT2D eigenvalue weighted by molar-refractivity contribution is 5.73. The van der Waals surface area contributed by atoms with Crippen LogP contribution in [0.1, 0.15) is 13.8 Å². The summed E-state index contributed by atoms with van der Waals surface area (Å²) >= 11 is 0. The van der Waals surface area contributed by atoms with Gasteiger partial charge in [-0.1, -0.05) is 0 Å². The van der Waals surface area contributed by atoms with Crippen LogP contribution in [0, 0.1) is 0 Å². The molecule has 0 saturated carbocycles. The fourth-order valence-electron chi connectivity index (χ4n) is 5.88. The minimum atomic E-state index is -2.06. The molecule has 0 radical (unpaired) electrons. The van der Waals surface area contributed by atoms with Crippen LogP contribution in [0.15, 0.2) is 0 Å². The third-order valence-electron chi connectivity index (χ3n) is 8.57. The number of carbonyl (C=O) groups excluding carboxylic acids is 1. The standard InChI is InChI=1S/C26H45NO20/c1-6-12(32)15(35)17(37)24(41-6)47-22-19(39)26(46-21-11(27-7(2)31)23(40)42-9(4-29)14(21)34)44-10(5-30)20(22)45-25-18(38)16(36)13(33)8(3-28)43-25/h6,8-26,28-30,32-40H,3-5H2,1-2H3,(H,27,31)/t6-,8+,9+,10+,11+,12+,13-,14+,15+,16-,17-,18+,19+,20-,21+,22+,23+,24-,25-,26-/m0/s1. The zero-order valence-electron chi connectivity index (χ0n) is 25.3. The van der Waals surface area contributed by atoms with Gasteiger partial charge in [0.05, 0.1) is 25.9 Å². The maximum absolute atomic E-state index is 11.9. The lowest BCUT2D eigenvalue weighted by molar-refractivity contribution is -0.394. The van der Waals surface area contributed by atoms with Crippen LogP contribution in [0.4, 0.5) is 0 Å². The van der Waals surface area contributed by atoms with Gasteiger partial charge in [0.15, 0.2) is 25.2 Å². The van der Waals surface area contributed by atoms with Gasteiger partial charge >= 0.3 is 0 Å². The Kier molecular flexibility index (Phi) is 13.2. The van der Waals surface area contributed by atoms with E-state index in [4.69, 9.17) is 33.2 Å². The maximum atomic E-state index is 11.9. The van der Waals surface area contributed by atoms with Crippen molar-refractivity contribution in [3.8, 4) is 0 Å². The summed E-state index contributed by atoms with van der Waals surface area (Å²) in [6.45, 7) is -0.124. The summed E-state index contributed by atoms with van der Waals surface area (Å²) in [6, 6.07) is -1.49. The van der Waals surface area contributed by atoms with E-state index >= 15 is 0 Å². The first-order valence-electron chi connectivity index (χ1n) is 15.0. The molecule has 4 saturated heterocycles. The Morgan fingerprint density at radius 3 is 1.60 bits per heavy atom. The minimum absolute atomic E-state index is 0.688. The second-order valence-corrected chi connectivity index (χ2v) is 11.9. The minimum Gasteiger partial charge on any atom is -0.394 e. The van der Waals surface area contributed by atoms with E-state index in [-0.39, 0.29) is 0 Å². The van der Waals surface area contributed by atoms with Crippen LogP contribution in [-0.4, -0.2) is 210 Å². The first-order chi connectivity index (χ1) is 22.1. The van der Waals surface area contributed by atoms with Gasteiger partial charge in [0.25, 0.3) is 0 Å². The van der Waals surface area contributed by atoms with E-state index in [9.17, 15) is 66.1 Å². The fourth-order valence-corrected chi connectivity index (χ4v) is 5.88. The molecular weight excluding hydrogens is 646 g/mol. The molecule has 4 aliphatic heterocycles. The van der Waals surface area contributed by atoms with Crippen molar-refractivity contribution < 1.29 is 99.2 Å². The molecule has 21 heteroatoms. The molecule has 47 heavy (non-hydrogen) atoms. The van der Waals surface area contributed by atoms with Crippen molar-refractivity contribution in [3.63, 3.8) is 0 Å². The van der Waals surface area contributed by atoms with E-state index in [2.05, 4.69) is 5.32 Å². The second kappa shape index (κ2) is 16.2. The predicted octanol–water partition coefficient (Wildman–Crippen LogP) is -8.58. The van der Waals surface area contributed by atoms with Crippen LogP contribution in [0.5, 0.6) is 0 Å². The Bertz CT molecular complexity index is 1010. The molecule has 4 heterocycles. The number of ether oxygens (including phenoxy) is 7. The van der Waals surface area contributed by atoms with Gasteiger partial charge in [-0.3, -0.25) is 4.79 Å². The third-order valence-corrected chi connectivity index (χ3v) is 8.57. The molecule has 0 spiro atoms. The molecule has 4 aliphatic rings. The van der Waals surface area contributed by atoms with Crippen LogP contribution in [0.3, 0.4) is 0 Å². The molecule has 0 aromatic carbocycles. The quantitative estimate of drug-likeness (QED) is 0.101. The van der Waals surface area contributed by atoms with Gasteiger partial charge in [0, 0.05) is 6.92 Å². The third kappa shape index (κ3) is 8.04. The number of nitrogens with one attached hydrogen (secondary N) is 1. The average molecular weight is 692 g/mol. The molecule has 274 valence electrons. The first-order valence-corrected chi connectivity index (χ1v) is 15.0. The number of hydrogen-bond donors (Lipinski definition) is 13. The van der Waals surface area contributed by atoms with Gasteiger partial charge in [-0.25, -0.2) is 0 Å². The van der Waals surface area contributed by atoms with Crippen molar-refractivity contribution in [1.29, 1.82) is 0 Å². The van der Waals surface area contributed by atoms with Crippen LogP contribution < -0.4 is 5.32 Å². The van der Waals surface area contributed by atoms with E-state index < -0.39 is 148 Å². The van der Waals surface area contributed by atoms with Crippen LogP contribution in [0.25, 0.3) is 0 Å². The summed E-state index contributed by atoms with van der Waals surface area (Å²) in [4.78, 5) is 11.9. The molecule has 0 aliphatic carbocycles. The fraction of sp³-hybridized carbons (Fsp3) is 0.962. The van der Waals surface area contributed by atoms with Gasteiger partial charge < -0.3 is 99.8 Å². The molecule has 1 amide bonds. The largest absolute Gasteiger partial charge is 0.394 e.